The van der Waals surface area contributed by atoms with Gasteiger partial charge in [0.15, 0.2) is 6.10 Å². The molecule has 2 aliphatic rings. The van der Waals surface area contributed by atoms with Crippen molar-refractivity contribution in [1.82, 2.24) is 19.0 Å². The van der Waals surface area contributed by atoms with Crippen LogP contribution in [0.3, 0.4) is 0 Å². The fourth-order valence-electron chi connectivity index (χ4n) is 4.07. The van der Waals surface area contributed by atoms with E-state index in [4.69, 9.17) is 4.74 Å². The number of methoxy groups -OCH3 is 1. The molecule has 9 heteroatoms. The number of hydrogen-bond donors (Lipinski definition) is 0. The number of ether oxygens (including phenoxy) is 1. The quantitative estimate of drug-likeness (QED) is 0.682. The van der Waals surface area contributed by atoms with Gasteiger partial charge in [-0.15, -0.1) is 0 Å². The monoisotopic (exact) mass is 384 g/mol. The van der Waals surface area contributed by atoms with Crippen LogP contribution in [0.2, 0.25) is 0 Å². The predicted octanol–water partition coefficient (Wildman–Crippen LogP) is 0.938. The van der Waals surface area contributed by atoms with Gasteiger partial charge in [0.25, 0.3) is 5.91 Å². The van der Waals surface area contributed by atoms with Crippen molar-refractivity contribution in [2.75, 3.05) is 20.2 Å². The Morgan fingerprint density at radius 1 is 1.31 bits per heavy atom. The summed E-state index contributed by atoms with van der Waals surface area (Å²) in [5.41, 5.74) is 0. The fraction of sp³-hybridized carbons (Fsp3) is 0.765. The Morgan fingerprint density at radius 3 is 2.46 bits per heavy atom. The number of nitrogens with zero attached hydrogens (tertiary/aromatic N) is 4. The number of piperidine rings is 1. The van der Waals surface area contributed by atoms with Crippen molar-refractivity contribution >= 4 is 15.9 Å². The van der Waals surface area contributed by atoms with E-state index >= 15 is 0 Å². The van der Waals surface area contributed by atoms with Crippen LogP contribution in [-0.4, -0.2) is 71.7 Å². The van der Waals surface area contributed by atoms with Gasteiger partial charge in [-0.1, -0.05) is 0 Å². The highest BCUT2D eigenvalue weighted by atomic mass is 32.2. The Labute approximate surface area is 155 Å². The van der Waals surface area contributed by atoms with Gasteiger partial charge in [0.2, 0.25) is 10.0 Å². The number of sulfonamides is 1. The van der Waals surface area contributed by atoms with E-state index in [9.17, 15) is 13.2 Å². The first-order valence-electron chi connectivity index (χ1n) is 9.18. The van der Waals surface area contributed by atoms with E-state index in [0.717, 1.165) is 12.8 Å². The first-order valence-corrected chi connectivity index (χ1v) is 10.6. The molecule has 0 spiro atoms. The van der Waals surface area contributed by atoms with Crippen molar-refractivity contribution in [1.29, 1.82) is 0 Å². The minimum atomic E-state index is -3.51. The maximum Gasteiger partial charge on any atom is 0.254 e. The molecule has 2 fully saturated rings. The average molecular weight is 385 g/mol. The second-order valence-corrected chi connectivity index (χ2v) is 9.20. The van der Waals surface area contributed by atoms with E-state index in [0.29, 0.717) is 19.6 Å². The zero-order valence-corrected chi connectivity index (χ0v) is 16.6. The molecule has 0 aromatic carbocycles. The number of rotatable bonds is 6. The number of likely N-dealkylation sites (tertiary alicyclic amines) is 1. The van der Waals surface area contributed by atoms with Crippen LogP contribution in [0.15, 0.2) is 17.3 Å². The average Bonchev–Trinajstić information content (AvgIpc) is 3.09. The summed E-state index contributed by atoms with van der Waals surface area (Å²) >= 11 is 0. The number of aryl methyl sites for hydroxylation is 1. The standard InChI is InChI=1S/C17H28N4O4S/c1-5-19-11-14(10-18-19)26(23,24)20-8-6-13(7-9-20)15-16(25-4)17(22)21(15)12(2)3/h10-13,15-16H,5-9H2,1-4H3/t15-,16+/m0/s1. The van der Waals surface area contributed by atoms with Gasteiger partial charge in [0.1, 0.15) is 4.90 Å². The third-order valence-electron chi connectivity index (χ3n) is 5.49. The lowest BCUT2D eigenvalue weighted by atomic mass is 9.79. The van der Waals surface area contributed by atoms with Crippen LogP contribution in [0.5, 0.6) is 0 Å². The van der Waals surface area contributed by atoms with Crippen LogP contribution in [0.25, 0.3) is 0 Å². The van der Waals surface area contributed by atoms with E-state index in [-0.39, 0.29) is 28.8 Å². The van der Waals surface area contributed by atoms with Crippen LogP contribution >= 0.6 is 0 Å². The number of carbonyl (C=O) groups is 1. The summed E-state index contributed by atoms with van der Waals surface area (Å²) in [5, 5.41) is 4.07. The summed E-state index contributed by atoms with van der Waals surface area (Å²) in [6.45, 7) is 7.47. The van der Waals surface area contributed by atoms with Crippen molar-refractivity contribution in [3.63, 3.8) is 0 Å². The van der Waals surface area contributed by atoms with Gasteiger partial charge in [-0.25, -0.2) is 8.42 Å². The second kappa shape index (κ2) is 7.28. The topological polar surface area (TPSA) is 84.7 Å². The molecule has 8 nitrogen and oxygen atoms in total. The molecular weight excluding hydrogens is 356 g/mol. The van der Waals surface area contributed by atoms with Crippen molar-refractivity contribution in [3.05, 3.63) is 12.4 Å². The van der Waals surface area contributed by atoms with Crippen LogP contribution in [0.1, 0.15) is 33.6 Å². The van der Waals surface area contributed by atoms with Crippen LogP contribution in [-0.2, 0) is 26.1 Å². The van der Waals surface area contributed by atoms with Gasteiger partial charge >= 0.3 is 0 Å². The summed E-state index contributed by atoms with van der Waals surface area (Å²) in [7, 11) is -1.94. The lowest BCUT2D eigenvalue weighted by Crippen LogP contribution is -2.70. The maximum absolute atomic E-state index is 12.8. The van der Waals surface area contributed by atoms with Crippen molar-refractivity contribution in [2.45, 2.75) is 63.2 Å². The molecule has 1 aromatic heterocycles. The zero-order valence-electron chi connectivity index (χ0n) is 15.8. The van der Waals surface area contributed by atoms with Crippen molar-refractivity contribution in [2.24, 2.45) is 5.92 Å². The fourth-order valence-corrected chi connectivity index (χ4v) is 5.50. The highest BCUT2D eigenvalue weighted by Gasteiger charge is 2.52. The summed E-state index contributed by atoms with van der Waals surface area (Å²) in [6.07, 6.45) is 4.04. The van der Waals surface area contributed by atoms with E-state index < -0.39 is 16.1 Å². The molecule has 0 radical (unpaired) electrons. The molecule has 2 aliphatic heterocycles. The molecular formula is C17H28N4O4S. The molecule has 3 heterocycles. The highest BCUT2D eigenvalue weighted by molar-refractivity contribution is 7.89. The minimum Gasteiger partial charge on any atom is -0.369 e. The molecule has 2 atom stereocenters. The maximum atomic E-state index is 12.8. The molecule has 146 valence electrons. The molecule has 1 amide bonds. The van der Waals surface area contributed by atoms with E-state index in [2.05, 4.69) is 5.10 Å². The van der Waals surface area contributed by atoms with E-state index in [1.54, 1.807) is 18.0 Å². The first-order chi connectivity index (χ1) is 12.3. The Bertz CT molecular complexity index is 753. The van der Waals surface area contributed by atoms with Gasteiger partial charge in [0, 0.05) is 39.0 Å². The van der Waals surface area contributed by atoms with Crippen LogP contribution in [0.4, 0.5) is 0 Å². The number of hydrogen-bond acceptors (Lipinski definition) is 5. The third kappa shape index (κ3) is 3.16. The Hall–Kier alpha value is -1.45. The third-order valence-corrected chi connectivity index (χ3v) is 7.34. The molecule has 0 aliphatic carbocycles. The number of aromatic nitrogens is 2. The summed E-state index contributed by atoms with van der Waals surface area (Å²) < 4.78 is 34.1. The highest BCUT2D eigenvalue weighted by Crippen LogP contribution is 2.37. The van der Waals surface area contributed by atoms with E-state index in [1.807, 2.05) is 25.7 Å². The van der Waals surface area contributed by atoms with E-state index in [1.165, 1.54) is 10.5 Å². The summed E-state index contributed by atoms with van der Waals surface area (Å²) in [5.74, 6) is 0.291. The smallest absolute Gasteiger partial charge is 0.254 e. The largest absolute Gasteiger partial charge is 0.369 e. The van der Waals surface area contributed by atoms with Gasteiger partial charge in [0.05, 0.1) is 12.2 Å². The minimum absolute atomic E-state index is 0.0366. The zero-order chi connectivity index (χ0) is 19.1. The number of β-lactam (4-membered cyclic amide) rings is 1. The molecule has 1 aromatic rings. The molecule has 0 bridgehead atoms. The van der Waals surface area contributed by atoms with Crippen LogP contribution in [0, 0.1) is 5.92 Å². The van der Waals surface area contributed by atoms with Gasteiger partial charge in [-0.3, -0.25) is 9.48 Å². The van der Waals surface area contributed by atoms with Gasteiger partial charge < -0.3 is 9.64 Å². The predicted molar refractivity (Wildman–Crippen MR) is 96.0 cm³/mol. The lowest BCUT2D eigenvalue weighted by molar-refractivity contribution is -0.181. The Morgan fingerprint density at radius 2 is 1.96 bits per heavy atom. The number of amides is 1. The normalized spacial score (nSPS) is 25.7. The number of carbonyl (C=O) groups excluding carboxylic acids is 1. The lowest BCUT2D eigenvalue weighted by Gasteiger charge is -2.53. The van der Waals surface area contributed by atoms with Crippen molar-refractivity contribution in [3.8, 4) is 0 Å². The van der Waals surface area contributed by atoms with Gasteiger partial charge in [-0.2, -0.15) is 9.40 Å². The molecule has 0 saturated carbocycles. The molecule has 2 saturated heterocycles. The van der Waals surface area contributed by atoms with Crippen LogP contribution < -0.4 is 0 Å². The van der Waals surface area contributed by atoms with Crippen molar-refractivity contribution < 1.29 is 17.9 Å². The summed E-state index contributed by atoms with van der Waals surface area (Å²) in [4.78, 5) is 14.3. The Kier molecular flexibility index (Phi) is 5.41. The molecule has 0 N–H and O–H groups in total. The summed E-state index contributed by atoms with van der Waals surface area (Å²) in [6, 6.07) is 0.167. The molecule has 26 heavy (non-hydrogen) atoms. The molecule has 3 rings (SSSR count). The second-order valence-electron chi connectivity index (χ2n) is 7.26. The Balaban J connectivity index is 1.68. The van der Waals surface area contributed by atoms with Gasteiger partial charge in [-0.05, 0) is 39.5 Å². The SMILES string of the molecule is CCn1cc(S(=O)(=O)N2CCC([C@H]3[C@@H](OC)C(=O)N3C(C)C)CC2)cn1. The first kappa shape index (κ1) is 19.3. The molecule has 0 unspecified atom stereocenters.